The molecule has 2 N–H and O–H groups in total. The van der Waals surface area contributed by atoms with Gasteiger partial charge < -0.3 is 10.3 Å². The van der Waals surface area contributed by atoms with E-state index in [-0.39, 0.29) is 11.5 Å². The molecule has 0 aliphatic carbocycles. The van der Waals surface area contributed by atoms with Crippen LogP contribution in [-0.2, 0) is 11.3 Å². The Morgan fingerprint density at radius 1 is 1.29 bits per heavy atom. The fourth-order valence-corrected chi connectivity index (χ4v) is 3.00. The highest BCUT2D eigenvalue weighted by Crippen LogP contribution is 2.13. The van der Waals surface area contributed by atoms with Crippen LogP contribution in [0, 0.1) is 11.3 Å². The highest BCUT2D eigenvalue weighted by atomic mass is 16.2. The molecule has 142 valence electrons. The molecule has 1 amide bonds. The highest BCUT2D eigenvalue weighted by molar-refractivity contribution is 5.94. The number of amides is 1. The van der Waals surface area contributed by atoms with Crippen LogP contribution in [0.3, 0.4) is 0 Å². The number of H-pyrrole nitrogens is 1. The minimum Gasteiger partial charge on any atom is -0.325 e. The van der Waals surface area contributed by atoms with Crippen LogP contribution in [0.25, 0.3) is 10.9 Å². The maximum atomic E-state index is 12.7. The van der Waals surface area contributed by atoms with Gasteiger partial charge in [0.1, 0.15) is 5.82 Å². The molecule has 0 aliphatic heterocycles. The Morgan fingerprint density at radius 2 is 2.07 bits per heavy atom. The molecule has 0 fully saturated rings. The summed E-state index contributed by atoms with van der Waals surface area (Å²) in [5, 5.41) is 12.4. The molecule has 1 atom stereocenters. The summed E-state index contributed by atoms with van der Waals surface area (Å²) in [5.41, 5.74) is 1.49. The van der Waals surface area contributed by atoms with Gasteiger partial charge in [0.15, 0.2) is 0 Å². The van der Waals surface area contributed by atoms with E-state index >= 15 is 0 Å². The first kappa shape index (κ1) is 19.3. The van der Waals surface area contributed by atoms with Crippen molar-refractivity contribution in [3.05, 3.63) is 70.3 Å². The lowest BCUT2D eigenvalue weighted by atomic mass is 10.2. The molecule has 1 unspecified atom stereocenters. The van der Waals surface area contributed by atoms with Crippen LogP contribution in [-0.4, -0.2) is 33.4 Å². The van der Waals surface area contributed by atoms with Crippen LogP contribution in [0.15, 0.2) is 53.3 Å². The molecule has 2 aromatic carbocycles. The number of fused-ring (bicyclic) bond motifs is 1. The van der Waals surface area contributed by atoms with Gasteiger partial charge in [-0.1, -0.05) is 25.1 Å². The van der Waals surface area contributed by atoms with Gasteiger partial charge in [0.05, 0.1) is 35.1 Å². The number of nitriles is 1. The van der Waals surface area contributed by atoms with E-state index in [1.807, 2.05) is 17.9 Å². The van der Waals surface area contributed by atoms with Crippen LogP contribution in [0.1, 0.15) is 25.2 Å². The smallest absolute Gasteiger partial charge is 0.258 e. The van der Waals surface area contributed by atoms with E-state index in [1.54, 1.807) is 49.4 Å². The first-order valence-electron chi connectivity index (χ1n) is 9.05. The van der Waals surface area contributed by atoms with E-state index in [2.05, 4.69) is 21.4 Å². The van der Waals surface area contributed by atoms with E-state index in [0.29, 0.717) is 41.1 Å². The van der Waals surface area contributed by atoms with Crippen molar-refractivity contribution in [3.63, 3.8) is 0 Å². The zero-order valence-electron chi connectivity index (χ0n) is 15.8. The molecule has 0 saturated heterocycles. The average molecular weight is 375 g/mol. The molecule has 7 heteroatoms. The number of aromatic amines is 1. The molecule has 3 rings (SSSR count). The van der Waals surface area contributed by atoms with Crippen LogP contribution in [0.2, 0.25) is 0 Å². The average Bonchev–Trinajstić information content (AvgIpc) is 2.71. The van der Waals surface area contributed by atoms with Crippen molar-refractivity contribution in [2.45, 2.75) is 26.4 Å². The summed E-state index contributed by atoms with van der Waals surface area (Å²) < 4.78 is 0. The number of nitrogens with one attached hydrogen (secondary N) is 2. The van der Waals surface area contributed by atoms with Crippen LogP contribution < -0.4 is 10.9 Å². The first-order chi connectivity index (χ1) is 13.5. The van der Waals surface area contributed by atoms with Gasteiger partial charge in [0.25, 0.3) is 5.56 Å². The Hall–Kier alpha value is -3.50. The van der Waals surface area contributed by atoms with Gasteiger partial charge in [0.2, 0.25) is 5.91 Å². The zero-order chi connectivity index (χ0) is 20.1. The van der Waals surface area contributed by atoms with Gasteiger partial charge >= 0.3 is 0 Å². The topological polar surface area (TPSA) is 102 Å². The van der Waals surface area contributed by atoms with Crippen LogP contribution in [0.5, 0.6) is 0 Å². The summed E-state index contributed by atoms with van der Waals surface area (Å²) in [5.74, 6) is 0.316. The van der Waals surface area contributed by atoms with E-state index in [0.717, 1.165) is 0 Å². The maximum Gasteiger partial charge on any atom is 0.258 e. The summed E-state index contributed by atoms with van der Waals surface area (Å²) in [4.78, 5) is 34.1. The summed E-state index contributed by atoms with van der Waals surface area (Å²) in [6, 6.07) is 15.5. The van der Waals surface area contributed by atoms with E-state index in [4.69, 9.17) is 5.26 Å². The monoisotopic (exact) mass is 375 g/mol. The maximum absolute atomic E-state index is 12.7. The van der Waals surface area contributed by atoms with Crippen LogP contribution in [0.4, 0.5) is 5.69 Å². The number of rotatable bonds is 6. The predicted octanol–water partition coefficient (Wildman–Crippen LogP) is 2.64. The van der Waals surface area contributed by atoms with E-state index < -0.39 is 6.04 Å². The number of benzene rings is 2. The number of anilines is 1. The summed E-state index contributed by atoms with van der Waals surface area (Å²) in [6.07, 6.45) is 0. The molecule has 0 bridgehead atoms. The molecule has 3 aromatic rings. The molecule has 0 aliphatic rings. The summed E-state index contributed by atoms with van der Waals surface area (Å²) in [7, 11) is 0. The van der Waals surface area contributed by atoms with Gasteiger partial charge in [0, 0.05) is 5.69 Å². The molecular weight excluding hydrogens is 354 g/mol. The van der Waals surface area contributed by atoms with Crippen molar-refractivity contribution >= 4 is 22.5 Å². The van der Waals surface area contributed by atoms with Gasteiger partial charge in [-0.25, -0.2) is 4.98 Å². The minimum atomic E-state index is -0.451. The van der Waals surface area contributed by atoms with E-state index in [9.17, 15) is 9.59 Å². The fourth-order valence-electron chi connectivity index (χ4n) is 3.00. The summed E-state index contributed by atoms with van der Waals surface area (Å²) >= 11 is 0. The number of carbonyl (C=O) groups excluding carboxylic acids is 1. The Bertz CT molecular complexity index is 1100. The molecule has 0 spiro atoms. The lowest BCUT2D eigenvalue weighted by Gasteiger charge is -2.26. The first-order valence-corrected chi connectivity index (χ1v) is 9.05. The Morgan fingerprint density at radius 3 is 2.82 bits per heavy atom. The van der Waals surface area contributed by atoms with Crippen molar-refractivity contribution < 1.29 is 4.79 Å². The van der Waals surface area contributed by atoms with Gasteiger partial charge in [-0.15, -0.1) is 0 Å². The number of carbonyl (C=O) groups is 1. The van der Waals surface area contributed by atoms with Gasteiger partial charge in [-0.2, -0.15) is 5.26 Å². The van der Waals surface area contributed by atoms with Crippen molar-refractivity contribution in [1.82, 2.24) is 14.9 Å². The third kappa shape index (κ3) is 4.24. The molecule has 0 saturated carbocycles. The molecule has 1 aromatic heterocycles. The van der Waals surface area contributed by atoms with Gasteiger partial charge in [-0.3, -0.25) is 14.5 Å². The van der Waals surface area contributed by atoms with Crippen molar-refractivity contribution in [3.8, 4) is 6.07 Å². The van der Waals surface area contributed by atoms with Crippen molar-refractivity contribution in [1.29, 1.82) is 5.26 Å². The van der Waals surface area contributed by atoms with Gasteiger partial charge in [-0.05, 0) is 43.8 Å². The highest BCUT2D eigenvalue weighted by Gasteiger charge is 2.21. The third-order valence-corrected chi connectivity index (χ3v) is 4.61. The Kier molecular flexibility index (Phi) is 5.82. The quantitative estimate of drug-likeness (QED) is 0.690. The number of aromatic nitrogens is 2. The fraction of sp³-hybridized carbons (Fsp3) is 0.238. The molecule has 0 radical (unpaired) electrons. The third-order valence-electron chi connectivity index (χ3n) is 4.61. The van der Waals surface area contributed by atoms with Crippen molar-refractivity contribution in [2.75, 3.05) is 11.9 Å². The lowest BCUT2D eigenvalue weighted by molar-refractivity contribution is -0.120. The second-order valence-corrected chi connectivity index (χ2v) is 6.45. The Labute approximate surface area is 162 Å². The molecular formula is C21H21N5O2. The van der Waals surface area contributed by atoms with E-state index in [1.165, 1.54) is 0 Å². The molecule has 1 heterocycles. The largest absolute Gasteiger partial charge is 0.325 e. The number of hydrogen-bond acceptors (Lipinski definition) is 5. The SMILES string of the molecule is CCN(Cc1nc2ccccc2c(=O)[nH]1)C(C)C(=O)Nc1cccc(C#N)c1. The predicted molar refractivity (Wildman–Crippen MR) is 108 cm³/mol. The van der Waals surface area contributed by atoms with Crippen LogP contribution >= 0.6 is 0 Å². The lowest BCUT2D eigenvalue weighted by Crippen LogP contribution is -2.42. The molecule has 7 nitrogen and oxygen atoms in total. The zero-order valence-corrected chi connectivity index (χ0v) is 15.8. The Balaban J connectivity index is 1.76. The second-order valence-electron chi connectivity index (χ2n) is 6.45. The number of hydrogen-bond donors (Lipinski definition) is 2. The standard InChI is InChI=1S/C21H21N5O2/c1-3-26(13-19-24-18-10-5-4-9-17(18)21(28)25-19)14(2)20(27)23-16-8-6-7-15(11-16)12-22/h4-11,14H,3,13H2,1-2H3,(H,23,27)(H,24,25,28). The second kappa shape index (κ2) is 8.46. The number of nitrogens with zero attached hydrogens (tertiary/aromatic N) is 3. The molecule has 28 heavy (non-hydrogen) atoms. The minimum absolute atomic E-state index is 0.193. The number of likely N-dealkylation sites (N-methyl/N-ethyl adjacent to an activating group) is 1. The number of para-hydroxylation sites is 1. The normalized spacial score (nSPS) is 11.9. The summed E-state index contributed by atoms with van der Waals surface area (Å²) in [6.45, 7) is 4.68. The van der Waals surface area contributed by atoms with Crippen molar-refractivity contribution in [2.24, 2.45) is 0 Å².